The summed E-state index contributed by atoms with van der Waals surface area (Å²) in [7, 11) is 0. The van der Waals surface area contributed by atoms with Crippen molar-refractivity contribution in [3.05, 3.63) is 46.5 Å². The van der Waals surface area contributed by atoms with E-state index in [2.05, 4.69) is 30.0 Å². The number of rotatable bonds is 5. The molecule has 5 rings (SSSR count). The summed E-state index contributed by atoms with van der Waals surface area (Å²) in [6.07, 6.45) is 3.16. The van der Waals surface area contributed by atoms with Crippen molar-refractivity contribution in [1.29, 1.82) is 0 Å². The number of anilines is 2. The number of hydrogen-bond acceptors (Lipinski definition) is 7. The summed E-state index contributed by atoms with van der Waals surface area (Å²) in [6.45, 7) is 6.68. The molecule has 1 atom stereocenters. The van der Waals surface area contributed by atoms with Crippen LogP contribution in [-0.2, 0) is 11.2 Å². The summed E-state index contributed by atoms with van der Waals surface area (Å²) in [6, 6.07) is 5.30. The zero-order valence-electron chi connectivity index (χ0n) is 17.4. The van der Waals surface area contributed by atoms with Crippen LogP contribution in [0.1, 0.15) is 23.6 Å². The van der Waals surface area contributed by atoms with E-state index in [0.717, 1.165) is 68.6 Å². The van der Waals surface area contributed by atoms with Gasteiger partial charge in [-0.2, -0.15) is 0 Å². The Balaban J connectivity index is 1.33. The summed E-state index contributed by atoms with van der Waals surface area (Å²) in [5.74, 6) is 1.40. The van der Waals surface area contributed by atoms with Gasteiger partial charge in [-0.25, -0.2) is 14.4 Å². The maximum Gasteiger partial charge on any atom is 0.156 e. The van der Waals surface area contributed by atoms with E-state index >= 15 is 0 Å². The van der Waals surface area contributed by atoms with Crippen LogP contribution in [0.15, 0.2) is 24.5 Å². The molecular weight excluding hydrogens is 419 g/mol. The molecule has 0 bridgehead atoms. The van der Waals surface area contributed by atoms with Gasteiger partial charge in [0, 0.05) is 50.7 Å². The van der Waals surface area contributed by atoms with Crippen LogP contribution < -0.4 is 10.2 Å². The minimum atomic E-state index is -0.365. The number of carbonyl (C=O) groups excluding carboxylic acids is 1. The predicted molar refractivity (Wildman–Crippen MR) is 118 cm³/mol. The molecule has 0 saturated carbocycles. The number of nitrogens with one attached hydrogen (secondary N) is 1. The lowest BCUT2D eigenvalue weighted by Gasteiger charge is -2.43. The first-order chi connectivity index (χ1) is 15.1. The molecule has 1 unspecified atom stereocenters. The second kappa shape index (κ2) is 8.68. The van der Waals surface area contributed by atoms with Gasteiger partial charge in [0.05, 0.1) is 11.6 Å². The number of piperazine rings is 1. The van der Waals surface area contributed by atoms with E-state index in [1.807, 2.05) is 6.07 Å². The number of halogens is 2. The minimum Gasteiger partial charge on any atom is -0.363 e. The van der Waals surface area contributed by atoms with E-state index in [0.29, 0.717) is 13.0 Å². The van der Waals surface area contributed by atoms with E-state index in [1.54, 1.807) is 18.5 Å². The Hall–Kier alpha value is -2.29. The number of likely N-dealkylation sites (tertiary alicyclic amines) is 1. The van der Waals surface area contributed by atoms with Gasteiger partial charge in [0.25, 0.3) is 0 Å². The minimum absolute atomic E-state index is 0.122. The van der Waals surface area contributed by atoms with Crippen LogP contribution in [0.4, 0.5) is 16.0 Å². The van der Waals surface area contributed by atoms with Crippen LogP contribution in [-0.4, -0.2) is 77.9 Å². The smallest absolute Gasteiger partial charge is 0.156 e. The molecule has 2 saturated heterocycles. The summed E-state index contributed by atoms with van der Waals surface area (Å²) < 4.78 is 14.2. The van der Waals surface area contributed by atoms with E-state index in [1.165, 1.54) is 6.42 Å². The quantitative estimate of drug-likeness (QED) is 0.759. The van der Waals surface area contributed by atoms with Crippen LogP contribution in [0.2, 0.25) is 5.02 Å². The Morgan fingerprint density at radius 2 is 1.94 bits per heavy atom. The summed E-state index contributed by atoms with van der Waals surface area (Å²) in [5, 5.41) is 3.26. The maximum absolute atomic E-state index is 14.2. The third-order valence-corrected chi connectivity index (χ3v) is 6.82. The van der Waals surface area contributed by atoms with Gasteiger partial charge in [-0.3, -0.25) is 9.69 Å². The number of benzene rings is 1. The number of Topliss-reactive ketones (excluding diaryl/α,β-unsaturated/α-hetero) is 1. The Morgan fingerprint density at radius 3 is 2.65 bits per heavy atom. The third kappa shape index (κ3) is 4.24. The van der Waals surface area contributed by atoms with Gasteiger partial charge in [0.1, 0.15) is 23.8 Å². The molecule has 0 radical (unpaired) electrons. The molecule has 0 aliphatic carbocycles. The van der Waals surface area contributed by atoms with Crippen molar-refractivity contribution in [3.8, 4) is 0 Å². The summed E-state index contributed by atoms with van der Waals surface area (Å²) in [4.78, 5) is 27.8. The lowest BCUT2D eigenvalue weighted by molar-refractivity contribution is -0.117. The van der Waals surface area contributed by atoms with E-state index in [-0.39, 0.29) is 22.7 Å². The highest BCUT2D eigenvalue weighted by molar-refractivity contribution is 6.30. The van der Waals surface area contributed by atoms with Crippen LogP contribution in [0, 0.1) is 5.82 Å². The fraction of sp³-hybridized carbons (Fsp3) is 0.500. The highest BCUT2D eigenvalue weighted by atomic mass is 35.5. The summed E-state index contributed by atoms with van der Waals surface area (Å²) in [5.41, 5.74) is 1.86. The van der Waals surface area contributed by atoms with Crippen molar-refractivity contribution < 1.29 is 9.18 Å². The molecule has 4 heterocycles. The molecule has 1 N–H and O–H groups in total. The lowest BCUT2D eigenvalue weighted by Crippen LogP contribution is -2.51. The van der Waals surface area contributed by atoms with Gasteiger partial charge in [0.2, 0.25) is 0 Å². The average molecular weight is 445 g/mol. The van der Waals surface area contributed by atoms with Crippen molar-refractivity contribution in [3.63, 3.8) is 0 Å². The van der Waals surface area contributed by atoms with Crippen molar-refractivity contribution in [2.24, 2.45) is 0 Å². The molecule has 0 amide bonds. The molecule has 3 aliphatic rings. The zero-order chi connectivity index (χ0) is 21.4. The number of hydrogen-bond donors (Lipinski definition) is 1. The van der Waals surface area contributed by atoms with Crippen molar-refractivity contribution in [1.82, 2.24) is 19.8 Å². The second-order valence-electron chi connectivity index (χ2n) is 8.46. The normalized spacial score (nSPS) is 20.7. The number of carbonyl (C=O) groups is 1. The van der Waals surface area contributed by atoms with Gasteiger partial charge >= 0.3 is 0 Å². The van der Waals surface area contributed by atoms with Gasteiger partial charge in [-0.05, 0) is 37.2 Å². The van der Waals surface area contributed by atoms with E-state index < -0.39 is 0 Å². The molecule has 1 aromatic carbocycles. The fourth-order valence-electron chi connectivity index (χ4n) is 4.64. The predicted octanol–water partition coefficient (Wildman–Crippen LogP) is 2.38. The third-order valence-electron chi connectivity index (χ3n) is 6.51. The zero-order valence-corrected chi connectivity index (χ0v) is 18.1. The molecule has 9 heteroatoms. The molecule has 164 valence electrons. The van der Waals surface area contributed by atoms with Crippen molar-refractivity contribution >= 4 is 29.0 Å². The molecule has 0 spiro atoms. The van der Waals surface area contributed by atoms with E-state index in [4.69, 9.17) is 11.6 Å². The van der Waals surface area contributed by atoms with Gasteiger partial charge in [-0.15, -0.1) is 0 Å². The van der Waals surface area contributed by atoms with E-state index in [9.17, 15) is 9.18 Å². The molecular formula is C22H26ClFN6O. The first-order valence-corrected chi connectivity index (χ1v) is 11.2. The summed E-state index contributed by atoms with van der Waals surface area (Å²) >= 11 is 5.92. The molecule has 2 fully saturated rings. The largest absolute Gasteiger partial charge is 0.363 e. The number of nitrogens with zero attached hydrogens (tertiary/aromatic N) is 5. The molecule has 2 aromatic rings. The fourth-order valence-corrected chi connectivity index (χ4v) is 4.76. The number of ketones is 1. The highest BCUT2D eigenvalue weighted by Gasteiger charge is 2.31. The van der Waals surface area contributed by atoms with Crippen molar-refractivity contribution in [2.45, 2.75) is 18.9 Å². The second-order valence-corrected chi connectivity index (χ2v) is 8.87. The molecule has 31 heavy (non-hydrogen) atoms. The first kappa shape index (κ1) is 20.6. The SMILES string of the molecule is O=C1CNc2ncnc(N3CCN(C(CN4CCC4)c4ccc(Cl)c(F)c4)CC3)c2C1. The highest BCUT2D eigenvalue weighted by Crippen LogP contribution is 2.31. The van der Waals surface area contributed by atoms with Crippen molar-refractivity contribution in [2.75, 3.05) is 62.6 Å². The lowest BCUT2D eigenvalue weighted by atomic mass is 10.0. The molecule has 3 aliphatic heterocycles. The standard InChI is InChI=1S/C22H26ClFN6O/c23-18-3-2-15(10-19(18)24)20(13-28-4-1-5-28)29-6-8-30(9-7-29)22-17-11-16(31)12-25-21(17)26-14-27-22/h2-3,10,14,20H,1,4-9,11-13H2,(H,25,26,27). The monoisotopic (exact) mass is 444 g/mol. The van der Waals surface area contributed by atoms with Crippen LogP contribution in [0.5, 0.6) is 0 Å². The van der Waals surface area contributed by atoms with Gasteiger partial charge in [0.15, 0.2) is 5.78 Å². The Bertz CT molecular complexity index is 976. The van der Waals surface area contributed by atoms with Crippen LogP contribution >= 0.6 is 11.6 Å². The Kier molecular flexibility index (Phi) is 5.77. The Morgan fingerprint density at radius 1 is 1.13 bits per heavy atom. The average Bonchev–Trinajstić information content (AvgIpc) is 2.75. The Labute approximate surface area is 186 Å². The topological polar surface area (TPSA) is 64.6 Å². The van der Waals surface area contributed by atoms with Crippen LogP contribution in [0.3, 0.4) is 0 Å². The molecule has 7 nitrogen and oxygen atoms in total. The van der Waals surface area contributed by atoms with Gasteiger partial charge in [-0.1, -0.05) is 17.7 Å². The number of fused-ring (bicyclic) bond motifs is 1. The number of aromatic nitrogens is 2. The van der Waals surface area contributed by atoms with Gasteiger partial charge < -0.3 is 15.1 Å². The van der Waals surface area contributed by atoms with Crippen LogP contribution in [0.25, 0.3) is 0 Å². The maximum atomic E-state index is 14.2. The molecule has 1 aromatic heterocycles. The first-order valence-electron chi connectivity index (χ1n) is 10.8.